The van der Waals surface area contributed by atoms with Gasteiger partial charge >= 0.3 is 0 Å². The number of imidazole rings is 1. The van der Waals surface area contributed by atoms with Crippen LogP contribution in [0.25, 0.3) is 11.3 Å². The van der Waals surface area contributed by atoms with E-state index in [-0.39, 0.29) is 0 Å². The lowest BCUT2D eigenvalue weighted by atomic mass is 10.7. The largest absolute Gasteiger partial charge is 0.316 e. The number of hydrogen-bond acceptors (Lipinski definition) is 4. The summed E-state index contributed by atoms with van der Waals surface area (Å²) in [5.41, 5.74) is 1.37. The highest BCUT2D eigenvalue weighted by molar-refractivity contribution is 9.10. The smallest absolute Gasteiger partial charge is 0.198 e. The first kappa shape index (κ1) is 8.00. The average Bonchev–Trinajstić information content (AvgIpc) is 2.46. The molecule has 0 saturated carbocycles. The lowest BCUT2D eigenvalue weighted by Gasteiger charge is -1.86. The SMILES string of the molecule is CSc1nc2ncc(Br)nc2[nH]1. The van der Waals surface area contributed by atoms with E-state index in [1.54, 1.807) is 6.20 Å². The zero-order valence-electron chi connectivity index (χ0n) is 6.21. The average molecular weight is 245 g/mol. The third-order valence-electron chi connectivity index (χ3n) is 1.35. The van der Waals surface area contributed by atoms with Gasteiger partial charge < -0.3 is 4.98 Å². The Kier molecular flexibility index (Phi) is 2.02. The highest BCUT2D eigenvalue weighted by atomic mass is 79.9. The van der Waals surface area contributed by atoms with Gasteiger partial charge in [-0.05, 0) is 22.2 Å². The number of hydrogen-bond donors (Lipinski definition) is 1. The predicted molar refractivity (Wildman–Crippen MR) is 51.2 cm³/mol. The molecule has 4 nitrogen and oxygen atoms in total. The molecule has 62 valence electrons. The van der Waals surface area contributed by atoms with Crippen LogP contribution in [0.4, 0.5) is 0 Å². The van der Waals surface area contributed by atoms with Crippen LogP contribution in [0.1, 0.15) is 0 Å². The van der Waals surface area contributed by atoms with E-state index in [0.29, 0.717) is 15.9 Å². The van der Waals surface area contributed by atoms with E-state index in [0.717, 1.165) is 5.16 Å². The fourth-order valence-electron chi connectivity index (χ4n) is 0.849. The summed E-state index contributed by atoms with van der Waals surface area (Å²) in [5.74, 6) is 0. The molecular formula is C6H5BrN4S. The van der Waals surface area contributed by atoms with Crippen LogP contribution in [0.5, 0.6) is 0 Å². The number of thioether (sulfide) groups is 1. The van der Waals surface area contributed by atoms with Crippen molar-refractivity contribution in [2.24, 2.45) is 0 Å². The second-order valence-electron chi connectivity index (χ2n) is 2.11. The first-order valence-corrected chi connectivity index (χ1v) is 5.23. The van der Waals surface area contributed by atoms with Crippen LogP contribution in [0.3, 0.4) is 0 Å². The molecule has 0 spiro atoms. The second-order valence-corrected chi connectivity index (χ2v) is 3.72. The molecule has 6 heteroatoms. The maximum absolute atomic E-state index is 4.19. The van der Waals surface area contributed by atoms with Crippen LogP contribution in [0.2, 0.25) is 0 Å². The first-order valence-electron chi connectivity index (χ1n) is 3.22. The Bertz CT molecular complexity index is 413. The maximum Gasteiger partial charge on any atom is 0.198 e. The number of rotatable bonds is 1. The molecule has 0 aromatic carbocycles. The monoisotopic (exact) mass is 244 g/mol. The third-order valence-corrected chi connectivity index (χ3v) is 2.31. The zero-order chi connectivity index (χ0) is 8.55. The molecule has 0 aliphatic heterocycles. The molecule has 0 bridgehead atoms. The van der Waals surface area contributed by atoms with Gasteiger partial charge in [-0.25, -0.2) is 15.0 Å². The Balaban J connectivity index is 2.67. The lowest BCUT2D eigenvalue weighted by molar-refractivity contribution is 1.07. The molecule has 2 rings (SSSR count). The van der Waals surface area contributed by atoms with Gasteiger partial charge in [0, 0.05) is 0 Å². The van der Waals surface area contributed by atoms with Crippen LogP contribution in [0.15, 0.2) is 16.0 Å². The van der Waals surface area contributed by atoms with Crippen molar-refractivity contribution in [3.63, 3.8) is 0 Å². The van der Waals surface area contributed by atoms with Crippen molar-refractivity contribution >= 4 is 39.0 Å². The van der Waals surface area contributed by atoms with E-state index in [4.69, 9.17) is 0 Å². The Labute approximate surface area is 81.3 Å². The van der Waals surface area contributed by atoms with Crippen molar-refractivity contribution in [2.45, 2.75) is 5.16 Å². The van der Waals surface area contributed by atoms with Crippen LogP contribution in [-0.2, 0) is 0 Å². The highest BCUT2D eigenvalue weighted by Gasteiger charge is 2.03. The van der Waals surface area contributed by atoms with Gasteiger partial charge in [-0.1, -0.05) is 11.8 Å². The molecule has 0 aliphatic carbocycles. The van der Waals surface area contributed by atoms with Gasteiger partial charge in [0.05, 0.1) is 6.20 Å². The second kappa shape index (κ2) is 3.02. The highest BCUT2D eigenvalue weighted by Crippen LogP contribution is 2.15. The molecule has 12 heavy (non-hydrogen) atoms. The number of nitrogens with one attached hydrogen (secondary N) is 1. The normalized spacial score (nSPS) is 10.8. The summed E-state index contributed by atoms with van der Waals surface area (Å²) in [6.07, 6.45) is 3.58. The number of H-pyrrole nitrogens is 1. The number of fused-ring (bicyclic) bond motifs is 1. The van der Waals surface area contributed by atoms with Gasteiger partial charge in [0.1, 0.15) is 4.60 Å². The molecule has 2 aromatic rings. The summed E-state index contributed by atoms with van der Waals surface area (Å²) >= 11 is 4.77. The summed E-state index contributed by atoms with van der Waals surface area (Å²) in [6.45, 7) is 0. The fourth-order valence-corrected chi connectivity index (χ4v) is 1.51. The molecule has 0 atom stereocenters. The van der Waals surface area contributed by atoms with Crippen molar-refractivity contribution in [1.82, 2.24) is 19.9 Å². The minimum absolute atomic E-state index is 0.655. The number of aromatic nitrogens is 4. The molecule has 0 aliphatic rings. The van der Waals surface area contributed by atoms with E-state index in [2.05, 4.69) is 35.9 Å². The lowest BCUT2D eigenvalue weighted by Crippen LogP contribution is -1.81. The van der Waals surface area contributed by atoms with Crippen LogP contribution < -0.4 is 0 Å². The molecule has 0 amide bonds. The minimum atomic E-state index is 0.655. The Hall–Kier alpha value is -0.620. The quantitative estimate of drug-likeness (QED) is 0.779. The van der Waals surface area contributed by atoms with E-state index < -0.39 is 0 Å². The first-order chi connectivity index (χ1) is 5.79. The summed E-state index contributed by atoms with van der Waals surface area (Å²) in [7, 11) is 0. The van der Waals surface area contributed by atoms with Crippen LogP contribution >= 0.6 is 27.7 Å². The Morgan fingerprint density at radius 2 is 2.33 bits per heavy atom. The minimum Gasteiger partial charge on any atom is -0.316 e. The van der Waals surface area contributed by atoms with Crippen molar-refractivity contribution in [3.05, 3.63) is 10.8 Å². The topological polar surface area (TPSA) is 54.5 Å². The number of aromatic amines is 1. The van der Waals surface area contributed by atoms with Crippen LogP contribution in [-0.4, -0.2) is 26.2 Å². The Morgan fingerprint density at radius 1 is 1.50 bits per heavy atom. The van der Waals surface area contributed by atoms with E-state index in [1.807, 2.05) is 6.26 Å². The zero-order valence-corrected chi connectivity index (χ0v) is 8.61. The molecule has 0 saturated heterocycles. The fraction of sp³-hybridized carbons (Fsp3) is 0.167. The van der Waals surface area contributed by atoms with Gasteiger partial charge in [-0.3, -0.25) is 0 Å². The summed E-state index contributed by atoms with van der Waals surface area (Å²) < 4.78 is 0.714. The molecule has 0 unspecified atom stereocenters. The van der Waals surface area contributed by atoms with Crippen molar-refractivity contribution in [3.8, 4) is 0 Å². The van der Waals surface area contributed by atoms with Crippen LogP contribution in [0, 0.1) is 0 Å². The maximum atomic E-state index is 4.19. The van der Waals surface area contributed by atoms with E-state index in [1.165, 1.54) is 11.8 Å². The predicted octanol–water partition coefficient (Wildman–Crippen LogP) is 1.84. The Morgan fingerprint density at radius 3 is 3.08 bits per heavy atom. The van der Waals surface area contributed by atoms with Crippen molar-refractivity contribution < 1.29 is 0 Å². The van der Waals surface area contributed by atoms with E-state index >= 15 is 0 Å². The van der Waals surface area contributed by atoms with Gasteiger partial charge in [0.25, 0.3) is 0 Å². The summed E-state index contributed by atoms with van der Waals surface area (Å²) in [6, 6.07) is 0. The molecule has 1 N–H and O–H groups in total. The molecule has 2 heterocycles. The summed E-state index contributed by atoms with van der Waals surface area (Å²) in [4.78, 5) is 15.5. The van der Waals surface area contributed by atoms with Crippen molar-refractivity contribution in [2.75, 3.05) is 6.26 Å². The van der Waals surface area contributed by atoms with Gasteiger partial charge in [0.2, 0.25) is 0 Å². The van der Waals surface area contributed by atoms with E-state index in [9.17, 15) is 0 Å². The number of halogens is 1. The molecule has 0 radical (unpaired) electrons. The molecular weight excluding hydrogens is 240 g/mol. The van der Waals surface area contributed by atoms with Crippen molar-refractivity contribution in [1.29, 1.82) is 0 Å². The summed E-state index contributed by atoms with van der Waals surface area (Å²) in [5, 5.41) is 0.836. The van der Waals surface area contributed by atoms with Gasteiger partial charge in [-0.2, -0.15) is 0 Å². The third kappa shape index (κ3) is 1.32. The molecule has 0 fully saturated rings. The number of nitrogens with zero attached hydrogens (tertiary/aromatic N) is 3. The standard InChI is InChI=1S/C6H5BrN4S/c1-12-6-10-4-5(11-6)9-3(7)2-8-4/h2H,1H3,(H,8,9,10,11). The molecule has 2 aromatic heterocycles. The van der Waals surface area contributed by atoms with Gasteiger partial charge in [-0.15, -0.1) is 0 Å². The van der Waals surface area contributed by atoms with Gasteiger partial charge in [0.15, 0.2) is 16.5 Å².